The fourth-order valence-electron chi connectivity index (χ4n) is 3.04. The van der Waals surface area contributed by atoms with Crippen LogP contribution in [0.4, 0.5) is 5.82 Å². The first-order chi connectivity index (χ1) is 11.7. The van der Waals surface area contributed by atoms with Gasteiger partial charge in [-0.2, -0.15) is 0 Å². The number of benzene rings is 1. The Morgan fingerprint density at radius 1 is 1.32 bits per heavy atom. The zero-order chi connectivity index (χ0) is 18.1. The second-order valence-corrected chi connectivity index (χ2v) is 9.00. The van der Waals surface area contributed by atoms with E-state index < -0.39 is 9.84 Å². The molecule has 0 amide bonds. The minimum Gasteiger partial charge on any atom is -0.373 e. The van der Waals surface area contributed by atoms with Gasteiger partial charge in [0.2, 0.25) is 0 Å². The molecule has 0 unspecified atom stereocenters. The second-order valence-electron chi connectivity index (χ2n) is 6.98. The predicted octanol–water partition coefficient (Wildman–Crippen LogP) is 1.56. The summed E-state index contributed by atoms with van der Waals surface area (Å²) in [5.41, 5.74) is 0.599. The molecule has 0 aliphatic carbocycles. The maximum Gasteiger partial charge on any atom is 0.175 e. The third kappa shape index (κ3) is 4.45. The Labute approximate surface area is 148 Å². The molecule has 1 aliphatic rings. The molecule has 8 heteroatoms. The SMILES string of the molecule is CC1(C)CN(CCNc2ncnc3ccc(S(C)(=O)=O)cc23)CCO1. The van der Waals surface area contributed by atoms with Crippen molar-refractivity contribution in [3.05, 3.63) is 24.5 Å². The normalized spacial score (nSPS) is 18.4. The van der Waals surface area contributed by atoms with Crippen molar-refractivity contribution in [1.29, 1.82) is 0 Å². The Morgan fingerprint density at radius 2 is 2.12 bits per heavy atom. The van der Waals surface area contributed by atoms with Crippen LogP contribution in [0.5, 0.6) is 0 Å². The van der Waals surface area contributed by atoms with Gasteiger partial charge in [-0.15, -0.1) is 0 Å². The van der Waals surface area contributed by atoms with Gasteiger partial charge in [0.15, 0.2) is 9.84 Å². The second kappa shape index (κ2) is 6.86. The first-order valence-corrected chi connectivity index (χ1v) is 10.2. The molecule has 0 spiro atoms. The summed E-state index contributed by atoms with van der Waals surface area (Å²) in [7, 11) is -3.27. The van der Waals surface area contributed by atoms with Gasteiger partial charge in [-0.1, -0.05) is 0 Å². The Kier molecular flexibility index (Phi) is 4.95. The highest BCUT2D eigenvalue weighted by Crippen LogP contribution is 2.23. The molecule has 0 radical (unpaired) electrons. The van der Waals surface area contributed by atoms with E-state index in [9.17, 15) is 8.42 Å². The van der Waals surface area contributed by atoms with Crippen LogP contribution in [0.25, 0.3) is 10.9 Å². The van der Waals surface area contributed by atoms with Crippen LogP contribution in [0, 0.1) is 0 Å². The van der Waals surface area contributed by atoms with Gasteiger partial charge in [0, 0.05) is 37.8 Å². The van der Waals surface area contributed by atoms with Gasteiger partial charge in [-0.25, -0.2) is 18.4 Å². The fraction of sp³-hybridized carbons (Fsp3) is 0.529. The summed E-state index contributed by atoms with van der Waals surface area (Å²) >= 11 is 0. The smallest absolute Gasteiger partial charge is 0.175 e. The number of hydrogen-bond acceptors (Lipinski definition) is 7. The molecule has 0 atom stereocenters. The van der Waals surface area contributed by atoms with Crippen LogP contribution in [0.1, 0.15) is 13.8 Å². The maximum absolute atomic E-state index is 11.8. The number of fused-ring (bicyclic) bond motifs is 1. The van der Waals surface area contributed by atoms with Crippen LogP contribution >= 0.6 is 0 Å². The molecule has 3 rings (SSSR count). The third-order valence-electron chi connectivity index (χ3n) is 4.26. The number of hydrogen-bond donors (Lipinski definition) is 1. The van der Waals surface area contributed by atoms with E-state index in [4.69, 9.17) is 4.74 Å². The molecule has 0 saturated carbocycles. The zero-order valence-corrected chi connectivity index (χ0v) is 15.6. The standard InChI is InChI=1S/C17H24N4O3S/c1-17(2)11-21(8-9-24-17)7-6-18-16-14-10-13(25(3,22)23)4-5-15(14)19-12-20-16/h4-5,10,12H,6-9,11H2,1-3H3,(H,18,19,20). The van der Waals surface area contributed by atoms with E-state index in [0.717, 1.165) is 31.8 Å². The number of sulfone groups is 1. The van der Waals surface area contributed by atoms with Crippen LogP contribution in [-0.2, 0) is 14.6 Å². The molecule has 2 heterocycles. The highest BCUT2D eigenvalue weighted by Gasteiger charge is 2.26. The number of aromatic nitrogens is 2. The summed E-state index contributed by atoms with van der Waals surface area (Å²) in [5.74, 6) is 0.656. The van der Waals surface area contributed by atoms with Gasteiger partial charge in [0.1, 0.15) is 12.1 Å². The average Bonchev–Trinajstić information content (AvgIpc) is 2.53. The summed E-state index contributed by atoms with van der Waals surface area (Å²) in [4.78, 5) is 11.1. The molecule has 1 aromatic carbocycles. The number of nitrogens with one attached hydrogen (secondary N) is 1. The van der Waals surface area contributed by atoms with Crippen LogP contribution in [-0.4, -0.2) is 67.9 Å². The van der Waals surface area contributed by atoms with Gasteiger partial charge < -0.3 is 10.1 Å². The minimum atomic E-state index is -3.27. The molecular weight excluding hydrogens is 340 g/mol. The zero-order valence-electron chi connectivity index (χ0n) is 14.8. The lowest BCUT2D eigenvalue weighted by molar-refractivity contribution is -0.0848. The van der Waals surface area contributed by atoms with E-state index in [1.807, 2.05) is 0 Å². The Hall–Kier alpha value is -1.77. The molecule has 2 aromatic rings. The molecule has 1 aliphatic heterocycles. The van der Waals surface area contributed by atoms with E-state index in [1.165, 1.54) is 12.6 Å². The van der Waals surface area contributed by atoms with Crippen molar-refractivity contribution in [2.45, 2.75) is 24.3 Å². The van der Waals surface area contributed by atoms with Crippen molar-refractivity contribution in [3.8, 4) is 0 Å². The van der Waals surface area contributed by atoms with Gasteiger partial charge in [0.25, 0.3) is 0 Å². The Balaban J connectivity index is 1.73. The van der Waals surface area contributed by atoms with E-state index in [-0.39, 0.29) is 10.5 Å². The Morgan fingerprint density at radius 3 is 2.84 bits per heavy atom. The Bertz CT molecular complexity index is 867. The maximum atomic E-state index is 11.8. The molecule has 1 fully saturated rings. The lowest BCUT2D eigenvalue weighted by Crippen LogP contribution is -2.49. The van der Waals surface area contributed by atoms with Crippen molar-refractivity contribution >= 4 is 26.6 Å². The lowest BCUT2D eigenvalue weighted by Gasteiger charge is -2.38. The number of ether oxygens (including phenoxy) is 1. The summed E-state index contributed by atoms with van der Waals surface area (Å²) in [6.45, 7) is 8.30. The first-order valence-electron chi connectivity index (χ1n) is 8.30. The molecule has 136 valence electrons. The quantitative estimate of drug-likeness (QED) is 0.862. The third-order valence-corrected chi connectivity index (χ3v) is 5.37. The summed E-state index contributed by atoms with van der Waals surface area (Å²) in [6, 6.07) is 4.91. The van der Waals surface area contributed by atoms with E-state index in [1.54, 1.807) is 18.2 Å². The topological polar surface area (TPSA) is 84.4 Å². The summed E-state index contributed by atoms with van der Waals surface area (Å²) in [6.07, 6.45) is 2.69. The van der Waals surface area contributed by atoms with Crippen molar-refractivity contribution in [3.63, 3.8) is 0 Å². The number of nitrogens with zero attached hydrogens (tertiary/aromatic N) is 3. The molecule has 1 saturated heterocycles. The van der Waals surface area contributed by atoms with E-state index in [2.05, 4.69) is 34.0 Å². The first kappa shape index (κ1) is 18.0. The van der Waals surface area contributed by atoms with E-state index >= 15 is 0 Å². The summed E-state index contributed by atoms with van der Waals surface area (Å²) < 4.78 is 29.3. The minimum absolute atomic E-state index is 0.121. The monoisotopic (exact) mass is 364 g/mol. The van der Waals surface area contributed by atoms with Gasteiger partial charge in [-0.05, 0) is 32.0 Å². The predicted molar refractivity (Wildman–Crippen MR) is 97.6 cm³/mol. The fourth-order valence-corrected chi connectivity index (χ4v) is 3.69. The highest BCUT2D eigenvalue weighted by atomic mass is 32.2. The van der Waals surface area contributed by atoms with Crippen LogP contribution < -0.4 is 5.32 Å². The molecular formula is C17H24N4O3S. The lowest BCUT2D eigenvalue weighted by atomic mass is 10.1. The van der Waals surface area contributed by atoms with Crippen molar-refractivity contribution in [2.75, 3.05) is 44.4 Å². The summed E-state index contributed by atoms with van der Waals surface area (Å²) in [5, 5.41) is 4.03. The number of morpholine rings is 1. The molecule has 1 aromatic heterocycles. The van der Waals surface area contributed by atoms with E-state index in [0.29, 0.717) is 17.7 Å². The average molecular weight is 364 g/mol. The van der Waals surface area contributed by atoms with Crippen molar-refractivity contribution < 1.29 is 13.2 Å². The van der Waals surface area contributed by atoms with Crippen LogP contribution in [0.3, 0.4) is 0 Å². The highest BCUT2D eigenvalue weighted by molar-refractivity contribution is 7.90. The van der Waals surface area contributed by atoms with Gasteiger partial charge in [0.05, 0.1) is 22.6 Å². The van der Waals surface area contributed by atoms with Crippen LogP contribution in [0.2, 0.25) is 0 Å². The molecule has 1 N–H and O–H groups in total. The molecule has 25 heavy (non-hydrogen) atoms. The van der Waals surface area contributed by atoms with Gasteiger partial charge in [-0.3, -0.25) is 4.90 Å². The van der Waals surface area contributed by atoms with Crippen LogP contribution in [0.15, 0.2) is 29.4 Å². The van der Waals surface area contributed by atoms with Crippen molar-refractivity contribution in [2.24, 2.45) is 0 Å². The van der Waals surface area contributed by atoms with Crippen molar-refractivity contribution in [1.82, 2.24) is 14.9 Å². The van der Waals surface area contributed by atoms with Gasteiger partial charge >= 0.3 is 0 Å². The largest absolute Gasteiger partial charge is 0.373 e. The number of anilines is 1. The molecule has 7 nitrogen and oxygen atoms in total. The molecule has 0 bridgehead atoms. The number of rotatable bonds is 5.